The summed E-state index contributed by atoms with van der Waals surface area (Å²) in [4.78, 5) is 0. The molecule has 1 aliphatic rings. The number of hydrogen-bond donors (Lipinski definition) is 0. The third-order valence-electron chi connectivity index (χ3n) is 4.05. The van der Waals surface area contributed by atoms with Gasteiger partial charge in [0.05, 0.1) is 12.7 Å². The molecule has 0 N–H and O–H groups in total. The quantitative estimate of drug-likeness (QED) is 0.727. The van der Waals surface area contributed by atoms with Crippen LogP contribution in [0.5, 0.6) is 0 Å². The summed E-state index contributed by atoms with van der Waals surface area (Å²) in [5.41, 5.74) is 0. The first-order valence-electron chi connectivity index (χ1n) is 6.99. The molecule has 0 unspecified atom stereocenters. The molecular formula is C14H30O3Si. The lowest BCUT2D eigenvalue weighted by molar-refractivity contribution is -0.274. The molecule has 1 saturated heterocycles. The Morgan fingerprint density at radius 3 is 2.39 bits per heavy atom. The van der Waals surface area contributed by atoms with E-state index >= 15 is 0 Å². The van der Waals surface area contributed by atoms with Crippen LogP contribution in [-0.4, -0.2) is 33.4 Å². The van der Waals surface area contributed by atoms with E-state index in [2.05, 4.69) is 33.9 Å². The zero-order chi connectivity index (χ0) is 14.0. The Balaban J connectivity index is 2.34. The largest absolute Gasteiger partial charge is 0.417 e. The number of ether oxygens (including phenoxy) is 2. The Morgan fingerprint density at radius 2 is 1.89 bits per heavy atom. The summed E-state index contributed by atoms with van der Waals surface area (Å²) < 4.78 is 17.6. The van der Waals surface area contributed by atoms with Crippen molar-refractivity contribution < 1.29 is 13.9 Å². The summed E-state index contributed by atoms with van der Waals surface area (Å²) in [6, 6.07) is 0. The number of rotatable bonds is 4. The molecule has 0 aromatic carbocycles. The minimum atomic E-state index is -1.61. The van der Waals surface area contributed by atoms with Crippen LogP contribution in [0.1, 0.15) is 47.5 Å². The maximum Gasteiger partial charge on any atom is 0.191 e. The van der Waals surface area contributed by atoms with Crippen LogP contribution in [-0.2, 0) is 13.9 Å². The summed E-state index contributed by atoms with van der Waals surface area (Å²) in [6.07, 6.45) is 2.22. The molecule has 108 valence electrons. The lowest BCUT2D eigenvalue weighted by Gasteiger charge is -2.38. The van der Waals surface area contributed by atoms with Crippen LogP contribution in [0.25, 0.3) is 0 Å². The van der Waals surface area contributed by atoms with Gasteiger partial charge in [0.25, 0.3) is 0 Å². The van der Waals surface area contributed by atoms with Crippen LogP contribution >= 0.6 is 0 Å². The third kappa shape index (κ3) is 4.65. The van der Waals surface area contributed by atoms with Gasteiger partial charge in [0, 0.05) is 6.61 Å². The monoisotopic (exact) mass is 274 g/mol. The lowest BCUT2D eigenvalue weighted by Crippen LogP contribution is -2.43. The van der Waals surface area contributed by atoms with E-state index in [1.165, 1.54) is 0 Å². The molecule has 0 aromatic rings. The fraction of sp³-hybridized carbons (Fsp3) is 1.00. The highest BCUT2D eigenvalue weighted by Gasteiger charge is 2.37. The Morgan fingerprint density at radius 1 is 1.28 bits per heavy atom. The fourth-order valence-electron chi connectivity index (χ4n) is 1.80. The van der Waals surface area contributed by atoms with E-state index in [1.807, 2.05) is 13.8 Å². The van der Waals surface area contributed by atoms with Crippen molar-refractivity contribution >= 4 is 8.32 Å². The first kappa shape index (κ1) is 16.2. The molecule has 1 atom stereocenters. The van der Waals surface area contributed by atoms with Gasteiger partial charge in [-0.2, -0.15) is 0 Å². The van der Waals surface area contributed by atoms with E-state index in [4.69, 9.17) is 13.9 Å². The van der Waals surface area contributed by atoms with Gasteiger partial charge in [0.1, 0.15) is 0 Å². The fourth-order valence-corrected chi connectivity index (χ4v) is 2.86. The van der Waals surface area contributed by atoms with E-state index in [-0.39, 0.29) is 11.1 Å². The second kappa shape index (κ2) is 5.61. The van der Waals surface area contributed by atoms with Crippen LogP contribution in [0.4, 0.5) is 0 Å². The van der Waals surface area contributed by atoms with Gasteiger partial charge in [-0.15, -0.1) is 0 Å². The molecule has 1 heterocycles. The summed E-state index contributed by atoms with van der Waals surface area (Å²) in [5, 5.41) is 0.281. The smallest absolute Gasteiger partial charge is 0.191 e. The van der Waals surface area contributed by atoms with Gasteiger partial charge < -0.3 is 13.9 Å². The Labute approximate surface area is 113 Å². The van der Waals surface area contributed by atoms with Gasteiger partial charge in [0.2, 0.25) is 0 Å². The van der Waals surface area contributed by atoms with Crippen molar-refractivity contribution in [3.63, 3.8) is 0 Å². The second-order valence-electron chi connectivity index (χ2n) is 7.17. The SMILES string of the molecule is CC1(C)OCC[C@@H](CCO[Si](C)(C)C(C)(C)C)O1. The Hall–Kier alpha value is 0.0969. The molecule has 0 saturated carbocycles. The first-order chi connectivity index (χ1) is 8.04. The average molecular weight is 274 g/mol. The molecule has 1 fully saturated rings. The molecule has 18 heavy (non-hydrogen) atoms. The zero-order valence-electron chi connectivity index (χ0n) is 13.1. The highest BCUT2D eigenvalue weighted by molar-refractivity contribution is 6.74. The summed E-state index contributed by atoms with van der Waals surface area (Å²) in [5.74, 6) is -0.431. The summed E-state index contributed by atoms with van der Waals surface area (Å²) in [6.45, 7) is 17.0. The molecule has 0 bridgehead atoms. The van der Waals surface area contributed by atoms with Crippen molar-refractivity contribution in [1.29, 1.82) is 0 Å². The second-order valence-corrected chi connectivity index (χ2v) is 12.0. The van der Waals surface area contributed by atoms with Gasteiger partial charge in [-0.25, -0.2) is 0 Å². The molecule has 0 spiro atoms. The van der Waals surface area contributed by atoms with Gasteiger partial charge in [-0.05, 0) is 44.8 Å². The molecule has 0 aromatic heterocycles. The molecule has 0 amide bonds. The van der Waals surface area contributed by atoms with Crippen molar-refractivity contribution in [2.45, 2.75) is 77.5 Å². The molecule has 1 aliphatic heterocycles. The van der Waals surface area contributed by atoms with Gasteiger partial charge >= 0.3 is 0 Å². The van der Waals surface area contributed by atoms with Crippen molar-refractivity contribution in [3.05, 3.63) is 0 Å². The van der Waals surface area contributed by atoms with E-state index in [1.54, 1.807) is 0 Å². The lowest BCUT2D eigenvalue weighted by atomic mass is 10.1. The van der Waals surface area contributed by atoms with Crippen LogP contribution in [0.3, 0.4) is 0 Å². The molecule has 4 heteroatoms. The summed E-state index contributed by atoms with van der Waals surface area (Å²) in [7, 11) is -1.61. The molecule has 3 nitrogen and oxygen atoms in total. The van der Waals surface area contributed by atoms with Gasteiger partial charge in [-0.3, -0.25) is 0 Å². The molecule has 1 rings (SSSR count). The van der Waals surface area contributed by atoms with Crippen LogP contribution in [0, 0.1) is 0 Å². The van der Waals surface area contributed by atoms with E-state index in [9.17, 15) is 0 Å². The Bertz CT molecular complexity index is 269. The minimum Gasteiger partial charge on any atom is -0.417 e. The standard InChI is InChI=1S/C14H30O3Si/c1-13(2,3)18(6,7)16-11-9-12-8-10-15-14(4,5)17-12/h12H,8-11H2,1-7H3/t12-/m0/s1. The van der Waals surface area contributed by atoms with Crippen LogP contribution in [0.2, 0.25) is 18.1 Å². The van der Waals surface area contributed by atoms with Crippen molar-refractivity contribution in [2.24, 2.45) is 0 Å². The Kier molecular flexibility index (Phi) is 5.04. The molecule has 0 aliphatic carbocycles. The van der Waals surface area contributed by atoms with E-state index < -0.39 is 14.1 Å². The molecular weight excluding hydrogens is 244 g/mol. The topological polar surface area (TPSA) is 27.7 Å². The highest BCUT2D eigenvalue weighted by atomic mass is 28.4. The van der Waals surface area contributed by atoms with Gasteiger partial charge in [0.15, 0.2) is 14.1 Å². The normalized spacial score (nSPS) is 25.2. The summed E-state index contributed by atoms with van der Waals surface area (Å²) >= 11 is 0. The maximum atomic E-state index is 6.18. The number of hydrogen-bond acceptors (Lipinski definition) is 3. The molecule has 0 radical (unpaired) electrons. The average Bonchev–Trinajstić information content (AvgIpc) is 2.13. The van der Waals surface area contributed by atoms with Crippen molar-refractivity contribution in [1.82, 2.24) is 0 Å². The maximum absolute atomic E-state index is 6.18. The van der Waals surface area contributed by atoms with E-state index in [0.29, 0.717) is 0 Å². The minimum absolute atomic E-state index is 0.276. The predicted octanol–water partition coefficient (Wildman–Crippen LogP) is 3.94. The van der Waals surface area contributed by atoms with Crippen LogP contribution < -0.4 is 0 Å². The first-order valence-corrected chi connectivity index (χ1v) is 9.90. The highest BCUT2D eigenvalue weighted by Crippen LogP contribution is 2.36. The zero-order valence-corrected chi connectivity index (χ0v) is 14.1. The third-order valence-corrected chi connectivity index (χ3v) is 8.59. The van der Waals surface area contributed by atoms with E-state index in [0.717, 1.165) is 26.1 Å². The van der Waals surface area contributed by atoms with Crippen molar-refractivity contribution in [3.8, 4) is 0 Å². The van der Waals surface area contributed by atoms with Crippen LogP contribution in [0.15, 0.2) is 0 Å². The van der Waals surface area contributed by atoms with Gasteiger partial charge in [-0.1, -0.05) is 20.8 Å². The predicted molar refractivity (Wildman–Crippen MR) is 77.3 cm³/mol. The van der Waals surface area contributed by atoms with Crippen molar-refractivity contribution in [2.75, 3.05) is 13.2 Å².